The number of ether oxygens (including phenoxy) is 1. The molecule has 0 unspecified atom stereocenters. The third-order valence-corrected chi connectivity index (χ3v) is 6.04. The summed E-state index contributed by atoms with van der Waals surface area (Å²) in [5.74, 6) is 1.72. The first-order chi connectivity index (χ1) is 12.8. The molecule has 0 bridgehead atoms. The Morgan fingerprint density at radius 1 is 1.26 bits per heavy atom. The Labute approximate surface area is 164 Å². The third-order valence-electron chi connectivity index (χ3n) is 4.94. The lowest BCUT2D eigenvalue weighted by atomic mass is 9.95. The number of hydrogen-bond acceptors (Lipinski definition) is 6. The van der Waals surface area contributed by atoms with Gasteiger partial charge in [-0.15, -0.1) is 11.3 Å². The van der Waals surface area contributed by atoms with Crippen molar-refractivity contribution in [2.75, 3.05) is 32.5 Å². The van der Waals surface area contributed by atoms with Gasteiger partial charge in [0.1, 0.15) is 16.5 Å². The summed E-state index contributed by atoms with van der Waals surface area (Å²) in [6.07, 6.45) is 1.95. The van der Waals surface area contributed by atoms with E-state index in [1.165, 1.54) is 10.5 Å². The Morgan fingerprint density at radius 2 is 2.07 bits per heavy atom. The molecule has 0 saturated heterocycles. The van der Waals surface area contributed by atoms with Crippen LogP contribution in [-0.2, 0) is 17.8 Å². The van der Waals surface area contributed by atoms with Gasteiger partial charge in [0.05, 0.1) is 48.8 Å². The summed E-state index contributed by atoms with van der Waals surface area (Å²) in [5, 5.41) is 4.64. The van der Waals surface area contributed by atoms with E-state index in [2.05, 4.69) is 44.3 Å². The van der Waals surface area contributed by atoms with E-state index in [0.717, 1.165) is 63.7 Å². The molecular formula is C20H28N5OS+. The van der Waals surface area contributed by atoms with Crippen molar-refractivity contribution in [2.24, 2.45) is 0 Å². The molecule has 7 heteroatoms. The van der Waals surface area contributed by atoms with Crippen molar-refractivity contribution in [1.82, 2.24) is 15.0 Å². The van der Waals surface area contributed by atoms with E-state index in [0.29, 0.717) is 6.61 Å². The van der Waals surface area contributed by atoms with Crippen LogP contribution in [0.5, 0.6) is 0 Å². The topological polar surface area (TPSA) is 64.4 Å². The number of hydrogen-bond donors (Lipinski definition) is 2. The van der Waals surface area contributed by atoms with Crippen LogP contribution in [0.25, 0.3) is 20.4 Å². The van der Waals surface area contributed by atoms with Gasteiger partial charge in [0.15, 0.2) is 0 Å². The third kappa shape index (κ3) is 3.77. The van der Waals surface area contributed by atoms with Gasteiger partial charge in [-0.1, -0.05) is 0 Å². The fourth-order valence-electron chi connectivity index (χ4n) is 3.53. The van der Waals surface area contributed by atoms with E-state index in [4.69, 9.17) is 14.7 Å². The highest BCUT2D eigenvalue weighted by Crippen LogP contribution is 2.38. The monoisotopic (exact) mass is 386 g/mol. The molecule has 0 saturated carbocycles. The second-order valence-corrected chi connectivity index (χ2v) is 9.31. The van der Waals surface area contributed by atoms with Crippen molar-refractivity contribution in [3.63, 3.8) is 0 Å². The van der Waals surface area contributed by atoms with Gasteiger partial charge in [0.25, 0.3) is 0 Å². The van der Waals surface area contributed by atoms with Crippen molar-refractivity contribution in [3.8, 4) is 0 Å². The fourth-order valence-corrected chi connectivity index (χ4v) is 4.61. The molecule has 144 valence electrons. The summed E-state index contributed by atoms with van der Waals surface area (Å²) in [6, 6.07) is 2.22. The lowest BCUT2D eigenvalue weighted by Gasteiger charge is -2.30. The van der Waals surface area contributed by atoms with Crippen molar-refractivity contribution in [3.05, 3.63) is 23.1 Å². The first kappa shape index (κ1) is 18.5. The van der Waals surface area contributed by atoms with Gasteiger partial charge in [-0.25, -0.2) is 15.0 Å². The van der Waals surface area contributed by atoms with Crippen LogP contribution in [0.2, 0.25) is 0 Å². The van der Waals surface area contributed by atoms with E-state index >= 15 is 0 Å². The number of nitrogens with zero attached hydrogens (tertiary/aromatic N) is 3. The van der Waals surface area contributed by atoms with Crippen LogP contribution in [0.4, 0.5) is 5.82 Å². The molecule has 2 N–H and O–H groups in total. The number of aromatic nitrogens is 3. The van der Waals surface area contributed by atoms with Crippen LogP contribution < -0.4 is 10.2 Å². The Hall–Kier alpha value is -1.83. The maximum Gasteiger partial charge on any atom is 0.147 e. The van der Waals surface area contributed by atoms with Crippen LogP contribution in [0.1, 0.15) is 37.4 Å². The molecule has 0 aliphatic carbocycles. The van der Waals surface area contributed by atoms with E-state index < -0.39 is 0 Å². The van der Waals surface area contributed by atoms with Gasteiger partial charge < -0.3 is 15.0 Å². The average molecular weight is 387 g/mol. The van der Waals surface area contributed by atoms with E-state index in [9.17, 15) is 0 Å². The zero-order valence-electron chi connectivity index (χ0n) is 16.8. The first-order valence-corrected chi connectivity index (χ1v) is 10.4. The SMILES string of the molecule is Cc1nc(NCCC[NH+](C)C)c2sc3nc4c(cc3c2n1)COC(C)(C)C4. The van der Waals surface area contributed by atoms with Crippen molar-refractivity contribution in [1.29, 1.82) is 0 Å². The van der Waals surface area contributed by atoms with E-state index in [1.807, 2.05) is 6.92 Å². The molecule has 0 radical (unpaired) electrons. The van der Waals surface area contributed by atoms with Crippen LogP contribution in [-0.4, -0.2) is 47.7 Å². The van der Waals surface area contributed by atoms with E-state index in [1.54, 1.807) is 11.3 Å². The first-order valence-electron chi connectivity index (χ1n) is 9.59. The molecule has 1 aliphatic rings. The Kier molecular flexibility index (Phi) is 4.78. The number of fused-ring (bicyclic) bond motifs is 4. The molecule has 0 fully saturated rings. The number of quaternary nitrogens is 1. The summed E-state index contributed by atoms with van der Waals surface area (Å²) < 4.78 is 7.08. The summed E-state index contributed by atoms with van der Waals surface area (Å²) in [5.41, 5.74) is 3.19. The van der Waals surface area contributed by atoms with Gasteiger partial charge in [0, 0.05) is 30.3 Å². The molecule has 1 aliphatic heterocycles. The Balaban J connectivity index is 1.73. The number of anilines is 1. The van der Waals surface area contributed by atoms with Crippen LogP contribution >= 0.6 is 11.3 Å². The van der Waals surface area contributed by atoms with Gasteiger partial charge >= 0.3 is 0 Å². The lowest BCUT2D eigenvalue weighted by molar-refractivity contribution is -0.858. The maximum absolute atomic E-state index is 5.98. The molecule has 0 spiro atoms. The predicted molar refractivity (Wildman–Crippen MR) is 111 cm³/mol. The number of thiophene rings is 1. The minimum atomic E-state index is -0.151. The molecule has 3 aromatic rings. The fraction of sp³-hybridized carbons (Fsp3) is 0.550. The normalized spacial score (nSPS) is 16.2. The summed E-state index contributed by atoms with van der Waals surface area (Å²) >= 11 is 1.69. The maximum atomic E-state index is 5.98. The van der Waals surface area contributed by atoms with Crippen molar-refractivity contribution in [2.45, 2.75) is 45.8 Å². The molecule has 27 heavy (non-hydrogen) atoms. The minimum Gasteiger partial charge on any atom is -0.370 e. The average Bonchev–Trinajstić information content (AvgIpc) is 2.93. The van der Waals surface area contributed by atoms with Crippen LogP contribution in [0.3, 0.4) is 0 Å². The zero-order valence-corrected chi connectivity index (χ0v) is 17.6. The molecule has 3 aromatic heterocycles. The Bertz CT molecular complexity index is 995. The highest BCUT2D eigenvalue weighted by molar-refractivity contribution is 7.25. The quantitative estimate of drug-likeness (QED) is 0.659. The second kappa shape index (κ2) is 6.96. The number of pyridine rings is 1. The van der Waals surface area contributed by atoms with Gasteiger partial charge in [-0.05, 0) is 26.8 Å². The number of aryl methyl sites for hydroxylation is 1. The summed E-state index contributed by atoms with van der Waals surface area (Å²) in [4.78, 5) is 16.9. The molecule has 6 nitrogen and oxygen atoms in total. The van der Waals surface area contributed by atoms with Crippen molar-refractivity contribution >= 4 is 37.6 Å². The summed E-state index contributed by atoms with van der Waals surface area (Å²) in [7, 11) is 4.36. The molecule has 4 rings (SSSR count). The predicted octanol–water partition coefficient (Wildman–Crippen LogP) is 2.35. The Morgan fingerprint density at radius 3 is 2.85 bits per heavy atom. The number of rotatable bonds is 5. The van der Waals surface area contributed by atoms with E-state index in [-0.39, 0.29) is 5.60 Å². The summed E-state index contributed by atoms with van der Waals surface area (Å²) in [6.45, 7) is 8.87. The molecule has 0 aromatic carbocycles. The lowest BCUT2D eigenvalue weighted by Crippen LogP contribution is -3.05. The van der Waals surface area contributed by atoms with Crippen molar-refractivity contribution < 1.29 is 9.64 Å². The molecule has 4 heterocycles. The zero-order chi connectivity index (χ0) is 19.2. The van der Waals surface area contributed by atoms with Gasteiger partial charge in [-0.2, -0.15) is 0 Å². The van der Waals surface area contributed by atoms with Crippen LogP contribution in [0, 0.1) is 6.92 Å². The second-order valence-electron chi connectivity index (χ2n) is 8.31. The van der Waals surface area contributed by atoms with Gasteiger partial charge in [-0.3, -0.25) is 0 Å². The standard InChI is InChI=1S/C20H27N5OS/c1-12-22-16-14-9-13-11-26-20(2,3)10-15(13)24-19(14)27-17(16)18(23-12)21-7-6-8-25(4)5/h9H,6-8,10-11H2,1-5H3,(H,21,22,23)/p+1. The number of nitrogens with one attached hydrogen (secondary N) is 2. The minimum absolute atomic E-state index is 0.151. The molecular weight excluding hydrogens is 358 g/mol. The molecule has 0 atom stereocenters. The van der Waals surface area contributed by atoms with Crippen LogP contribution in [0.15, 0.2) is 6.07 Å². The molecule has 0 amide bonds. The smallest absolute Gasteiger partial charge is 0.147 e. The highest BCUT2D eigenvalue weighted by atomic mass is 32.1. The highest BCUT2D eigenvalue weighted by Gasteiger charge is 2.28. The largest absolute Gasteiger partial charge is 0.370 e. The van der Waals surface area contributed by atoms with Gasteiger partial charge in [0.2, 0.25) is 0 Å².